The highest BCUT2D eigenvalue weighted by Crippen LogP contribution is 2.48. The van der Waals surface area contributed by atoms with Crippen LogP contribution in [-0.4, -0.2) is 70.0 Å². The van der Waals surface area contributed by atoms with E-state index >= 15 is 0 Å². The zero-order chi connectivity index (χ0) is 43.0. The lowest BCUT2D eigenvalue weighted by molar-refractivity contribution is -0.154. The largest absolute Gasteiger partial charge is 0.454 e. The Morgan fingerprint density at radius 3 is 2.08 bits per heavy atom. The van der Waals surface area contributed by atoms with Crippen molar-refractivity contribution < 1.29 is 32.3 Å². The third-order valence-electron chi connectivity index (χ3n) is 11.7. The molecule has 0 aliphatic heterocycles. The lowest BCUT2D eigenvalue weighted by atomic mass is 9.91. The average molecular weight is 864 g/mol. The zero-order valence-corrected chi connectivity index (χ0v) is 34.8. The molecule has 0 unspecified atom stereocenters. The molecule has 326 valence electrons. The number of nitrogens with zero attached hydrogens (tertiary/aromatic N) is 3. The van der Waals surface area contributed by atoms with E-state index in [1.165, 1.54) is 12.8 Å². The first-order chi connectivity index (χ1) is 29.3. The number of rotatable bonds is 17. The number of amides is 2. The summed E-state index contributed by atoms with van der Waals surface area (Å²) in [6.45, 7) is 2.63. The number of hydrogen-bond acceptors (Lipinski definition) is 11. The molecule has 3 fully saturated rings. The van der Waals surface area contributed by atoms with E-state index < -0.39 is 36.3 Å². The maximum Gasteiger partial charge on any atom is 0.422 e. The van der Waals surface area contributed by atoms with Crippen LogP contribution in [0.4, 0.5) is 30.8 Å². The standard InChI is InChI=1S/C44H53ClF3N9O4/c1-27-35(50-31-10-6-2-3-7-11-31)36(37(27)58)49-25-22-34(39(60)51-32-12-8-4-5-9-13-32)53-38(59)28-14-20-33(21-15-28)52-40-54-41(56-42(55-40)61-26-44(46,47)48)57-43(23-24-43)29-16-18-30(45)19-17-29/h14-21,31-32,34,49-50H,1-13,22-26H2,(H,51,60)(H,53,59)(H2,52,54,55,56,57)/t34-/m0/s1. The highest BCUT2D eigenvalue weighted by Gasteiger charge is 2.45. The van der Waals surface area contributed by atoms with Crippen LogP contribution < -0.4 is 36.6 Å². The molecule has 7 rings (SSSR count). The molecule has 0 spiro atoms. The van der Waals surface area contributed by atoms with E-state index in [1.807, 2.05) is 12.1 Å². The molecule has 4 aliphatic rings. The van der Waals surface area contributed by atoms with Crippen molar-refractivity contribution in [2.45, 2.75) is 126 Å². The lowest BCUT2D eigenvalue weighted by Crippen LogP contribution is -2.51. The summed E-state index contributed by atoms with van der Waals surface area (Å²) in [6, 6.07) is 12.4. The molecule has 17 heteroatoms. The van der Waals surface area contributed by atoms with Gasteiger partial charge >= 0.3 is 12.2 Å². The van der Waals surface area contributed by atoms with Crippen LogP contribution in [0.1, 0.15) is 112 Å². The zero-order valence-electron chi connectivity index (χ0n) is 34.1. The quantitative estimate of drug-likeness (QED) is 0.0576. The minimum atomic E-state index is -4.62. The first-order valence-corrected chi connectivity index (χ1v) is 21.7. The summed E-state index contributed by atoms with van der Waals surface area (Å²) in [4.78, 5) is 52.8. The number of carbonyl (C=O) groups excluding carboxylic acids is 3. The van der Waals surface area contributed by atoms with Crippen molar-refractivity contribution >= 4 is 46.8 Å². The van der Waals surface area contributed by atoms with Gasteiger partial charge in [-0.1, -0.05) is 81.7 Å². The molecule has 6 N–H and O–H groups in total. The smallest absolute Gasteiger partial charge is 0.422 e. The van der Waals surface area contributed by atoms with E-state index in [4.69, 9.17) is 16.3 Å². The minimum absolute atomic E-state index is 0.01000. The highest BCUT2D eigenvalue weighted by molar-refractivity contribution is 6.30. The first-order valence-electron chi connectivity index (χ1n) is 21.3. The molecule has 1 atom stereocenters. The van der Waals surface area contributed by atoms with Gasteiger partial charge in [0, 0.05) is 40.5 Å². The van der Waals surface area contributed by atoms with E-state index in [2.05, 4.69) is 53.4 Å². The van der Waals surface area contributed by atoms with Gasteiger partial charge in [0.2, 0.25) is 23.6 Å². The molecule has 0 radical (unpaired) electrons. The van der Waals surface area contributed by atoms with Crippen molar-refractivity contribution in [3.8, 4) is 6.01 Å². The van der Waals surface area contributed by atoms with E-state index in [-0.39, 0.29) is 54.2 Å². The maximum absolute atomic E-state index is 13.8. The molecule has 3 saturated carbocycles. The number of ketones is 1. The predicted octanol–water partition coefficient (Wildman–Crippen LogP) is 7.89. The fourth-order valence-electron chi connectivity index (χ4n) is 8.11. The van der Waals surface area contributed by atoms with E-state index in [0.29, 0.717) is 22.0 Å². The van der Waals surface area contributed by atoms with Crippen LogP contribution in [0.2, 0.25) is 5.02 Å². The summed E-state index contributed by atoms with van der Waals surface area (Å²) in [6.07, 6.45) is 9.87. The fraction of sp³-hybridized carbons (Fsp3) is 0.500. The highest BCUT2D eigenvalue weighted by atomic mass is 35.5. The summed E-state index contributed by atoms with van der Waals surface area (Å²) in [5.41, 5.74) is 2.71. The number of anilines is 3. The van der Waals surface area contributed by atoms with Gasteiger partial charge in [-0.15, -0.1) is 0 Å². The second-order valence-electron chi connectivity index (χ2n) is 16.4. The van der Waals surface area contributed by atoms with Gasteiger partial charge in [-0.25, -0.2) is 0 Å². The van der Waals surface area contributed by atoms with Crippen LogP contribution in [-0.2, 0) is 15.1 Å². The SMILES string of the molecule is C=C1C(=O)C(NCC[C@H](NC(=O)c2ccc(Nc3nc(NC4(c5ccc(Cl)cc5)CC4)nc(OCC(F)(F)F)n3)cc2)C(=O)NC2CCCCCC2)=C1NC1CCCCCC1. The summed E-state index contributed by atoms with van der Waals surface area (Å²) >= 11 is 6.08. The Bertz CT molecular complexity index is 2080. The molecule has 1 heterocycles. The van der Waals surface area contributed by atoms with E-state index in [1.54, 1.807) is 36.4 Å². The molecule has 0 bridgehead atoms. The molecular weight excluding hydrogens is 811 g/mol. The molecule has 61 heavy (non-hydrogen) atoms. The van der Waals surface area contributed by atoms with Gasteiger partial charge in [0.15, 0.2) is 6.61 Å². The molecule has 2 amide bonds. The van der Waals surface area contributed by atoms with Crippen LogP contribution in [0, 0.1) is 0 Å². The molecule has 3 aromatic rings. The number of alkyl halides is 3. The second-order valence-corrected chi connectivity index (χ2v) is 16.9. The number of nitrogens with one attached hydrogen (secondary N) is 6. The van der Waals surface area contributed by atoms with Crippen LogP contribution in [0.25, 0.3) is 0 Å². The van der Waals surface area contributed by atoms with Crippen LogP contribution in [0.5, 0.6) is 6.01 Å². The molecule has 1 aromatic heterocycles. The first kappa shape index (κ1) is 43.7. The normalized spacial score (nSPS) is 18.8. The Balaban J connectivity index is 1.02. The Kier molecular flexibility index (Phi) is 14.0. The van der Waals surface area contributed by atoms with Gasteiger partial charge in [-0.2, -0.15) is 28.1 Å². The van der Waals surface area contributed by atoms with Crippen LogP contribution in [0.3, 0.4) is 0 Å². The Labute approximate surface area is 358 Å². The molecule has 13 nitrogen and oxygen atoms in total. The number of halogens is 4. The van der Waals surface area contributed by atoms with Gasteiger partial charge in [-0.05, 0) is 86.9 Å². The number of carbonyl (C=O) groups is 3. The monoisotopic (exact) mass is 863 g/mol. The van der Waals surface area contributed by atoms with E-state index in [9.17, 15) is 27.6 Å². The van der Waals surface area contributed by atoms with Crippen molar-refractivity contribution in [1.82, 2.24) is 36.2 Å². The van der Waals surface area contributed by atoms with Crippen molar-refractivity contribution in [3.05, 3.63) is 88.2 Å². The number of ether oxygens (including phenoxy) is 1. The van der Waals surface area contributed by atoms with Gasteiger partial charge < -0.3 is 36.6 Å². The second kappa shape index (κ2) is 19.6. The van der Waals surface area contributed by atoms with Gasteiger partial charge in [-0.3, -0.25) is 14.4 Å². The number of aromatic nitrogens is 3. The molecule has 4 aliphatic carbocycles. The summed E-state index contributed by atoms with van der Waals surface area (Å²) < 4.78 is 44.2. The Morgan fingerprint density at radius 1 is 0.836 bits per heavy atom. The molecular formula is C44H53ClF3N9O4. The van der Waals surface area contributed by atoms with E-state index in [0.717, 1.165) is 88.3 Å². The van der Waals surface area contributed by atoms with Crippen molar-refractivity contribution in [2.75, 3.05) is 23.8 Å². The summed E-state index contributed by atoms with van der Waals surface area (Å²) in [7, 11) is 0. The summed E-state index contributed by atoms with van der Waals surface area (Å²) in [5, 5.41) is 19.6. The van der Waals surface area contributed by atoms with Crippen molar-refractivity contribution in [2.24, 2.45) is 0 Å². The van der Waals surface area contributed by atoms with Crippen LogP contribution in [0.15, 0.2) is 72.1 Å². The predicted molar refractivity (Wildman–Crippen MR) is 226 cm³/mol. The third-order valence-corrected chi connectivity index (χ3v) is 11.9. The van der Waals surface area contributed by atoms with Crippen LogP contribution >= 0.6 is 11.6 Å². The number of allylic oxidation sites excluding steroid dienone is 2. The molecule has 0 saturated heterocycles. The lowest BCUT2D eigenvalue weighted by Gasteiger charge is -2.31. The number of hydrogen-bond donors (Lipinski definition) is 6. The van der Waals surface area contributed by atoms with Crippen molar-refractivity contribution in [3.63, 3.8) is 0 Å². The summed E-state index contributed by atoms with van der Waals surface area (Å²) in [5.74, 6) is -1.01. The number of benzene rings is 2. The molecule has 2 aromatic carbocycles. The Hall–Kier alpha value is -5.38. The Morgan fingerprint density at radius 2 is 1.46 bits per heavy atom. The average Bonchev–Trinajstić information content (AvgIpc) is 4.09. The van der Waals surface area contributed by atoms with Crippen molar-refractivity contribution in [1.29, 1.82) is 0 Å². The fourth-order valence-corrected chi connectivity index (χ4v) is 8.23. The topological polar surface area (TPSA) is 171 Å². The van der Waals surface area contributed by atoms with Gasteiger partial charge in [0.1, 0.15) is 11.7 Å². The maximum atomic E-state index is 13.8. The third kappa shape index (κ3) is 11.9. The number of Topliss-reactive ketones (excluding diaryl/α,β-unsaturated/α-hetero) is 1. The minimum Gasteiger partial charge on any atom is -0.454 e. The van der Waals surface area contributed by atoms with Gasteiger partial charge in [0.25, 0.3) is 5.91 Å². The van der Waals surface area contributed by atoms with Gasteiger partial charge in [0.05, 0.1) is 11.2 Å².